The topological polar surface area (TPSA) is 133 Å². The maximum absolute atomic E-state index is 15.0. The van der Waals surface area contributed by atoms with Crippen LogP contribution in [-0.4, -0.2) is 62.4 Å². The van der Waals surface area contributed by atoms with Gasteiger partial charge in [0, 0.05) is 18.4 Å². The second-order valence-electron chi connectivity index (χ2n) is 7.63. The molecule has 0 bridgehead atoms. The molecule has 3 aromatic rings. The highest BCUT2D eigenvalue weighted by atomic mass is 35.5. The highest BCUT2D eigenvalue weighted by Gasteiger charge is 2.34. The number of hydrogen-bond acceptors (Lipinski definition) is 8. The number of nitrogens with one attached hydrogen (secondary N) is 2. The fraction of sp³-hybridized carbons (Fsp3) is 0.350. The van der Waals surface area contributed by atoms with Crippen molar-refractivity contribution in [2.24, 2.45) is 0 Å². The Morgan fingerprint density at radius 3 is 2.65 bits per heavy atom. The zero-order valence-electron chi connectivity index (χ0n) is 17.9. The molecular formula is C20H19Cl2FN6O4S. The van der Waals surface area contributed by atoms with E-state index < -0.39 is 24.3 Å². The summed E-state index contributed by atoms with van der Waals surface area (Å²) in [7, 11) is 0. The molecule has 14 heteroatoms. The van der Waals surface area contributed by atoms with Crippen LogP contribution < -0.4 is 15.0 Å². The monoisotopic (exact) mass is 528 g/mol. The van der Waals surface area contributed by atoms with Gasteiger partial charge in [-0.2, -0.15) is 0 Å². The second kappa shape index (κ2) is 9.72. The van der Waals surface area contributed by atoms with Crippen molar-refractivity contribution in [3.8, 4) is 16.5 Å². The zero-order valence-corrected chi connectivity index (χ0v) is 20.3. The number of anilines is 1. The number of nitrogens with zero attached hydrogens (tertiary/aromatic N) is 4. The van der Waals surface area contributed by atoms with Crippen LogP contribution in [0.4, 0.5) is 14.3 Å². The van der Waals surface area contributed by atoms with E-state index in [-0.39, 0.29) is 39.5 Å². The van der Waals surface area contributed by atoms with Crippen LogP contribution in [0.25, 0.3) is 11.4 Å². The first-order valence-corrected chi connectivity index (χ1v) is 11.6. The Labute approximate surface area is 207 Å². The molecule has 10 nitrogen and oxygen atoms in total. The third-order valence-corrected chi connectivity index (χ3v) is 7.14. The van der Waals surface area contributed by atoms with Crippen LogP contribution in [0, 0.1) is 13.8 Å². The highest BCUT2D eigenvalue weighted by Crippen LogP contribution is 2.40. The normalized spacial score (nSPS) is 18.1. The first-order chi connectivity index (χ1) is 16.1. The number of thiazole rings is 1. The molecule has 0 saturated carbocycles. The molecule has 1 aliphatic rings. The van der Waals surface area contributed by atoms with Crippen molar-refractivity contribution >= 4 is 51.7 Å². The van der Waals surface area contributed by atoms with Gasteiger partial charge in [0.25, 0.3) is 5.91 Å². The summed E-state index contributed by atoms with van der Waals surface area (Å²) in [5.41, 5.74) is 1.84. The Balaban J connectivity index is 1.49. The minimum atomic E-state index is -1.50. The smallest absolute Gasteiger partial charge is 0.449 e. The molecule has 1 amide bonds. The maximum Gasteiger partial charge on any atom is 0.512 e. The standard InChI is InChI=1S/C20H19Cl2FN6O4S/c1-8-5-25-12(6-24-8)15-18(33-20(31)32)34-19(28-15)29-4-3-11(10(23)7-29)27-17(30)16-14(22)13(21)9(2)26-16/h5-6,10-11,26H,3-4,7H2,1-2H3,(H,27,30)(H,31,32)/t10-,11+/m0/s1. The lowest BCUT2D eigenvalue weighted by Gasteiger charge is -2.34. The van der Waals surface area contributed by atoms with E-state index in [2.05, 4.69) is 25.3 Å². The number of piperidine rings is 1. The van der Waals surface area contributed by atoms with Crippen LogP contribution in [0.3, 0.4) is 0 Å². The molecule has 0 unspecified atom stereocenters. The number of alkyl halides is 1. The summed E-state index contributed by atoms with van der Waals surface area (Å²) in [4.78, 5) is 41.0. The Bertz CT molecular complexity index is 1230. The largest absolute Gasteiger partial charge is 0.512 e. The molecule has 3 N–H and O–H groups in total. The van der Waals surface area contributed by atoms with Crippen molar-refractivity contribution < 1.29 is 23.8 Å². The first-order valence-electron chi connectivity index (χ1n) is 10.1. The fourth-order valence-electron chi connectivity index (χ4n) is 3.47. The lowest BCUT2D eigenvalue weighted by Crippen LogP contribution is -2.52. The Hall–Kier alpha value is -2.96. The minimum Gasteiger partial charge on any atom is -0.449 e. The second-order valence-corrected chi connectivity index (χ2v) is 9.32. The Morgan fingerprint density at radius 1 is 1.29 bits per heavy atom. The molecule has 0 aromatic carbocycles. The molecule has 2 atom stereocenters. The lowest BCUT2D eigenvalue weighted by atomic mass is 10.0. The molecule has 1 fully saturated rings. The van der Waals surface area contributed by atoms with Gasteiger partial charge in [-0.05, 0) is 20.3 Å². The van der Waals surface area contributed by atoms with Crippen molar-refractivity contribution in [2.45, 2.75) is 32.5 Å². The van der Waals surface area contributed by atoms with Gasteiger partial charge in [0.2, 0.25) is 5.06 Å². The van der Waals surface area contributed by atoms with Crippen LogP contribution in [0.1, 0.15) is 28.3 Å². The summed E-state index contributed by atoms with van der Waals surface area (Å²) in [6, 6.07) is -0.751. The van der Waals surface area contributed by atoms with Crippen molar-refractivity contribution in [3.63, 3.8) is 0 Å². The number of aromatic nitrogens is 4. The number of carbonyl (C=O) groups is 2. The van der Waals surface area contributed by atoms with E-state index >= 15 is 4.39 Å². The zero-order chi connectivity index (χ0) is 24.6. The number of amides is 1. The van der Waals surface area contributed by atoms with Gasteiger partial charge in [0.05, 0.1) is 34.5 Å². The number of halogens is 3. The number of rotatable bonds is 5. The third kappa shape index (κ3) is 4.93. The molecule has 1 aliphatic heterocycles. The number of ether oxygens (including phenoxy) is 1. The van der Waals surface area contributed by atoms with E-state index in [1.165, 1.54) is 12.4 Å². The average Bonchev–Trinajstić information content (AvgIpc) is 3.31. The summed E-state index contributed by atoms with van der Waals surface area (Å²) in [6.07, 6.45) is 0.350. The molecule has 3 aromatic heterocycles. The van der Waals surface area contributed by atoms with Gasteiger partial charge in [-0.3, -0.25) is 14.8 Å². The summed E-state index contributed by atoms with van der Waals surface area (Å²) in [5.74, 6) is -0.548. The van der Waals surface area contributed by atoms with Gasteiger partial charge in [-0.25, -0.2) is 14.2 Å². The molecule has 0 aliphatic carbocycles. The van der Waals surface area contributed by atoms with Crippen molar-refractivity contribution in [1.82, 2.24) is 25.3 Å². The number of hydrogen-bond donors (Lipinski definition) is 3. The van der Waals surface area contributed by atoms with Crippen LogP contribution in [0.5, 0.6) is 5.06 Å². The van der Waals surface area contributed by atoms with E-state index in [9.17, 15) is 9.59 Å². The molecule has 180 valence electrons. The maximum atomic E-state index is 15.0. The molecule has 4 rings (SSSR count). The summed E-state index contributed by atoms with van der Waals surface area (Å²) in [6.45, 7) is 3.74. The van der Waals surface area contributed by atoms with Gasteiger partial charge >= 0.3 is 6.16 Å². The molecular weight excluding hydrogens is 510 g/mol. The Kier molecular flexibility index (Phi) is 6.91. The van der Waals surface area contributed by atoms with Crippen LogP contribution in [-0.2, 0) is 0 Å². The average molecular weight is 529 g/mol. The van der Waals surface area contributed by atoms with E-state index in [0.717, 1.165) is 11.3 Å². The van der Waals surface area contributed by atoms with Gasteiger partial charge < -0.3 is 25.0 Å². The van der Waals surface area contributed by atoms with Crippen LogP contribution >= 0.6 is 34.5 Å². The van der Waals surface area contributed by atoms with E-state index in [0.29, 0.717) is 28.8 Å². The molecule has 34 heavy (non-hydrogen) atoms. The van der Waals surface area contributed by atoms with Gasteiger partial charge in [0.15, 0.2) is 5.13 Å². The number of carboxylic acid groups (broad SMARTS) is 1. The molecule has 1 saturated heterocycles. The first kappa shape index (κ1) is 24.2. The van der Waals surface area contributed by atoms with Crippen molar-refractivity contribution in [3.05, 3.63) is 39.5 Å². The Morgan fingerprint density at radius 2 is 2.06 bits per heavy atom. The van der Waals surface area contributed by atoms with Crippen molar-refractivity contribution in [2.75, 3.05) is 18.0 Å². The number of aromatic amines is 1. The lowest BCUT2D eigenvalue weighted by molar-refractivity contribution is 0.0894. The summed E-state index contributed by atoms with van der Waals surface area (Å²) < 4.78 is 19.9. The summed E-state index contributed by atoms with van der Waals surface area (Å²) in [5, 5.41) is 12.5. The van der Waals surface area contributed by atoms with Crippen LogP contribution in [0.15, 0.2) is 12.4 Å². The number of carbonyl (C=O) groups excluding carboxylic acids is 1. The quantitative estimate of drug-likeness (QED) is 0.418. The van der Waals surface area contributed by atoms with E-state index in [1.54, 1.807) is 18.7 Å². The fourth-order valence-corrected chi connectivity index (χ4v) is 4.84. The molecule has 0 radical (unpaired) electrons. The molecule has 0 spiro atoms. The highest BCUT2D eigenvalue weighted by molar-refractivity contribution is 7.18. The van der Waals surface area contributed by atoms with Crippen molar-refractivity contribution in [1.29, 1.82) is 0 Å². The predicted octanol–water partition coefficient (Wildman–Crippen LogP) is 4.26. The number of H-pyrrole nitrogens is 1. The van der Waals surface area contributed by atoms with Gasteiger partial charge in [-0.15, -0.1) is 0 Å². The minimum absolute atomic E-state index is 0.0140. The third-order valence-electron chi connectivity index (χ3n) is 5.20. The van der Waals surface area contributed by atoms with Gasteiger partial charge in [0.1, 0.15) is 23.3 Å². The van der Waals surface area contributed by atoms with E-state index in [4.69, 9.17) is 33.0 Å². The SMILES string of the molecule is Cc1cnc(-c2nc(N3CC[C@@H](NC(=O)c4[nH]c(C)c(Cl)c4Cl)[C@@H](F)C3)sc2OC(=O)O)cn1. The van der Waals surface area contributed by atoms with Crippen LogP contribution in [0.2, 0.25) is 10.0 Å². The summed E-state index contributed by atoms with van der Waals surface area (Å²) >= 11 is 13.1. The van der Waals surface area contributed by atoms with E-state index in [1.807, 2.05) is 0 Å². The predicted molar refractivity (Wildman–Crippen MR) is 125 cm³/mol. The number of aryl methyl sites for hydroxylation is 2. The van der Waals surface area contributed by atoms with Gasteiger partial charge in [-0.1, -0.05) is 34.5 Å². The molecule has 4 heterocycles.